The molecule has 0 saturated carbocycles. The molecule has 1 saturated heterocycles. The highest BCUT2D eigenvalue weighted by Gasteiger charge is 2.35. The molecule has 96 valence electrons. The number of nitrogens with zero attached hydrogens (tertiary/aromatic N) is 1. The molecule has 18 heavy (non-hydrogen) atoms. The van der Waals surface area contributed by atoms with Crippen LogP contribution in [0.5, 0.6) is 0 Å². The monoisotopic (exact) mass is 254 g/mol. The second kappa shape index (κ2) is 4.99. The highest BCUT2D eigenvalue weighted by Crippen LogP contribution is 2.38. The number of hydrogen-bond donors (Lipinski definition) is 1. The molecule has 1 N–H and O–H groups in total. The fourth-order valence-electron chi connectivity index (χ4n) is 2.36. The van der Waals surface area contributed by atoms with Gasteiger partial charge in [-0.2, -0.15) is 18.4 Å². The number of nitriles is 1. The SMILES string of the molecule is N#Cc1ccc(C2CCNCC2)c(C(F)(F)F)c1. The summed E-state index contributed by atoms with van der Waals surface area (Å²) in [5, 5.41) is 11.8. The van der Waals surface area contributed by atoms with Crippen molar-refractivity contribution in [2.45, 2.75) is 24.9 Å². The van der Waals surface area contributed by atoms with Crippen LogP contribution in [0.1, 0.15) is 35.4 Å². The number of halogens is 3. The summed E-state index contributed by atoms with van der Waals surface area (Å²) in [6.45, 7) is 1.48. The first-order valence-electron chi connectivity index (χ1n) is 5.84. The standard InChI is InChI=1S/C13H13F3N2/c14-13(15,16)12-7-9(8-17)1-2-11(12)10-3-5-18-6-4-10/h1-2,7,10,18H,3-6H2. The second-order valence-corrected chi connectivity index (χ2v) is 4.44. The van der Waals surface area contributed by atoms with E-state index >= 15 is 0 Å². The van der Waals surface area contributed by atoms with Crippen LogP contribution in [0.2, 0.25) is 0 Å². The molecule has 0 atom stereocenters. The molecule has 0 unspecified atom stereocenters. The van der Waals surface area contributed by atoms with Gasteiger partial charge < -0.3 is 5.32 Å². The maximum Gasteiger partial charge on any atom is 0.416 e. The lowest BCUT2D eigenvalue weighted by Crippen LogP contribution is -2.27. The molecule has 0 bridgehead atoms. The molecule has 1 fully saturated rings. The normalized spacial score (nSPS) is 17.4. The van der Waals surface area contributed by atoms with Gasteiger partial charge in [0.25, 0.3) is 0 Å². The van der Waals surface area contributed by atoms with Gasteiger partial charge in [0.05, 0.1) is 17.2 Å². The first-order valence-corrected chi connectivity index (χ1v) is 5.84. The molecular weight excluding hydrogens is 241 g/mol. The van der Waals surface area contributed by atoms with E-state index in [9.17, 15) is 13.2 Å². The van der Waals surface area contributed by atoms with Gasteiger partial charge in [0.15, 0.2) is 0 Å². The quantitative estimate of drug-likeness (QED) is 0.836. The highest BCUT2D eigenvalue weighted by molar-refractivity contribution is 5.41. The Morgan fingerprint density at radius 3 is 2.44 bits per heavy atom. The number of hydrogen-bond acceptors (Lipinski definition) is 2. The van der Waals surface area contributed by atoms with Gasteiger partial charge in [-0.1, -0.05) is 6.07 Å². The van der Waals surface area contributed by atoms with Crippen molar-refractivity contribution in [3.63, 3.8) is 0 Å². The van der Waals surface area contributed by atoms with Crippen LogP contribution >= 0.6 is 0 Å². The average molecular weight is 254 g/mol. The third-order valence-corrected chi connectivity index (χ3v) is 3.27. The lowest BCUT2D eigenvalue weighted by molar-refractivity contribution is -0.138. The van der Waals surface area contributed by atoms with Gasteiger partial charge in [0.2, 0.25) is 0 Å². The smallest absolute Gasteiger partial charge is 0.317 e. The molecule has 1 aliphatic rings. The molecule has 0 aliphatic carbocycles. The van der Waals surface area contributed by atoms with Crippen LogP contribution < -0.4 is 5.32 Å². The summed E-state index contributed by atoms with van der Waals surface area (Å²) in [5.41, 5.74) is -0.281. The lowest BCUT2D eigenvalue weighted by Gasteiger charge is -2.25. The summed E-state index contributed by atoms with van der Waals surface area (Å²) in [6.07, 6.45) is -2.99. The van der Waals surface area contributed by atoms with Crippen molar-refractivity contribution in [2.75, 3.05) is 13.1 Å². The van der Waals surface area contributed by atoms with E-state index in [1.807, 2.05) is 0 Å². The third-order valence-electron chi connectivity index (χ3n) is 3.27. The van der Waals surface area contributed by atoms with Crippen molar-refractivity contribution in [3.8, 4) is 6.07 Å². The predicted octanol–water partition coefficient (Wildman–Crippen LogP) is 3.04. The Kier molecular flexibility index (Phi) is 3.58. The molecule has 0 spiro atoms. The van der Waals surface area contributed by atoms with Crippen molar-refractivity contribution < 1.29 is 13.2 Å². The van der Waals surface area contributed by atoms with Gasteiger partial charge in [0.1, 0.15) is 0 Å². The Labute approximate surface area is 103 Å². The van der Waals surface area contributed by atoms with Crippen molar-refractivity contribution in [1.29, 1.82) is 5.26 Å². The maximum absolute atomic E-state index is 13.0. The topological polar surface area (TPSA) is 35.8 Å². The van der Waals surface area contributed by atoms with E-state index in [0.29, 0.717) is 18.4 Å². The third kappa shape index (κ3) is 2.65. The summed E-state index contributed by atoms with van der Waals surface area (Å²) in [7, 11) is 0. The van der Waals surface area contributed by atoms with E-state index in [4.69, 9.17) is 5.26 Å². The molecule has 5 heteroatoms. The second-order valence-electron chi connectivity index (χ2n) is 4.44. The van der Waals surface area contributed by atoms with E-state index < -0.39 is 11.7 Å². The Morgan fingerprint density at radius 1 is 1.22 bits per heavy atom. The minimum Gasteiger partial charge on any atom is -0.317 e. The fraction of sp³-hybridized carbons (Fsp3) is 0.462. The minimum absolute atomic E-state index is 0.0556. The molecule has 1 aliphatic heterocycles. The highest BCUT2D eigenvalue weighted by atomic mass is 19.4. The Balaban J connectivity index is 2.42. The zero-order valence-electron chi connectivity index (χ0n) is 9.72. The van der Waals surface area contributed by atoms with Crippen molar-refractivity contribution in [1.82, 2.24) is 5.32 Å². The Morgan fingerprint density at radius 2 is 1.89 bits per heavy atom. The zero-order chi connectivity index (χ0) is 13.2. The zero-order valence-corrected chi connectivity index (χ0v) is 9.72. The van der Waals surface area contributed by atoms with Crippen molar-refractivity contribution in [2.24, 2.45) is 0 Å². The molecule has 2 nitrogen and oxygen atoms in total. The summed E-state index contributed by atoms with van der Waals surface area (Å²) < 4.78 is 39.0. The summed E-state index contributed by atoms with van der Waals surface area (Å²) in [5.74, 6) is -0.0735. The van der Waals surface area contributed by atoms with Crippen LogP contribution in [0.4, 0.5) is 13.2 Å². The molecule has 1 aromatic rings. The molecule has 0 amide bonds. The number of benzene rings is 1. The van der Waals surface area contributed by atoms with E-state index in [-0.39, 0.29) is 11.5 Å². The van der Waals surface area contributed by atoms with Crippen LogP contribution in [0.3, 0.4) is 0 Å². The van der Waals surface area contributed by atoms with Crippen molar-refractivity contribution in [3.05, 3.63) is 34.9 Å². The van der Waals surface area contributed by atoms with Crippen LogP contribution in [-0.4, -0.2) is 13.1 Å². The average Bonchev–Trinajstić information content (AvgIpc) is 2.38. The van der Waals surface area contributed by atoms with Crippen LogP contribution in [0.15, 0.2) is 18.2 Å². The summed E-state index contributed by atoms with van der Waals surface area (Å²) >= 11 is 0. The number of alkyl halides is 3. The fourth-order valence-corrected chi connectivity index (χ4v) is 2.36. The van der Waals surface area contributed by atoms with Crippen LogP contribution in [0.25, 0.3) is 0 Å². The van der Waals surface area contributed by atoms with Gasteiger partial charge in [-0.05, 0) is 49.5 Å². The molecule has 1 aromatic carbocycles. The summed E-state index contributed by atoms with van der Waals surface area (Å²) in [6, 6.07) is 5.63. The Bertz CT molecular complexity index is 468. The van der Waals surface area contributed by atoms with Gasteiger partial charge in [-0.3, -0.25) is 0 Å². The molecule has 1 heterocycles. The van der Waals surface area contributed by atoms with Gasteiger partial charge >= 0.3 is 6.18 Å². The largest absolute Gasteiger partial charge is 0.416 e. The molecule has 0 aromatic heterocycles. The van der Waals surface area contributed by atoms with E-state index in [1.54, 1.807) is 6.07 Å². The lowest BCUT2D eigenvalue weighted by atomic mass is 9.86. The Hall–Kier alpha value is -1.54. The minimum atomic E-state index is -4.40. The first-order chi connectivity index (χ1) is 8.52. The summed E-state index contributed by atoms with van der Waals surface area (Å²) in [4.78, 5) is 0. The van der Waals surface area contributed by atoms with Gasteiger partial charge in [-0.25, -0.2) is 0 Å². The molecule has 0 radical (unpaired) electrons. The van der Waals surface area contributed by atoms with E-state index in [0.717, 1.165) is 19.2 Å². The predicted molar refractivity (Wildman–Crippen MR) is 61.0 cm³/mol. The maximum atomic E-state index is 13.0. The number of rotatable bonds is 1. The first kappa shape index (κ1) is 12.9. The van der Waals surface area contributed by atoms with Gasteiger partial charge in [-0.15, -0.1) is 0 Å². The van der Waals surface area contributed by atoms with Crippen molar-refractivity contribution >= 4 is 0 Å². The van der Waals surface area contributed by atoms with Gasteiger partial charge in [0, 0.05) is 0 Å². The van der Waals surface area contributed by atoms with E-state index in [1.165, 1.54) is 12.1 Å². The molecular formula is C13H13F3N2. The number of nitrogens with one attached hydrogen (secondary N) is 1. The van der Waals surface area contributed by atoms with Crippen LogP contribution in [0, 0.1) is 11.3 Å². The van der Waals surface area contributed by atoms with E-state index in [2.05, 4.69) is 5.32 Å². The number of piperidine rings is 1. The molecule has 2 rings (SSSR count). The van der Waals surface area contributed by atoms with Crippen LogP contribution in [-0.2, 0) is 6.18 Å².